The molecule has 208 valence electrons. The second-order valence-corrected chi connectivity index (χ2v) is 13.9. The summed E-state index contributed by atoms with van der Waals surface area (Å²) in [5.41, 5.74) is 1.85. The Bertz CT molecular complexity index is 1460. The van der Waals surface area contributed by atoms with Crippen molar-refractivity contribution in [3.05, 3.63) is 53.0 Å². The van der Waals surface area contributed by atoms with Crippen LogP contribution in [0, 0.1) is 12.7 Å². The predicted octanol–water partition coefficient (Wildman–Crippen LogP) is 6.49. The molecule has 2 aliphatic carbocycles. The molecule has 0 bridgehead atoms. The molecule has 2 N–H and O–H groups in total. The van der Waals surface area contributed by atoms with Gasteiger partial charge in [-0.15, -0.1) is 11.3 Å². The number of halogens is 1. The normalized spacial score (nSPS) is 19.6. The number of nitrogens with one attached hydrogen (secondary N) is 2. The van der Waals surface area contributed by atoms with Gasteiger partial charge in [-0.1, -0.05) is 6.07 Å². The highest BCUT2D eigenvalue weighted by atomic mass is 32.2. The molecular formula is C28H33FN4O4S2. The van der Waals surface area contributed by atoms with Gasteiger partial charge in [0.25, 0.3) is 0 Å². The number of rotatable bonds is 8. The molecule has 2 aliphatic rings. The molecule has 0 atom stereocenters. The van der Waals surface area contributed by atoms with Crippen LogP contribution in [0.3, 0.4) is 0 Å². The highest BCUT2D eigenvalue weighted by Gasteiger charge is 2.39. The average Bonchev–Trinajstić information content (AvgIpc) is 3.64. The molecule has 2 aromatic heterocycles. The summed E-state index contributed by atoms with van der Waals surface area (Å²) in [7, 11) is -3.51. The van der Waals surface area contributed by atoms with Crippen molar-refractivity contribution in [2.24, 2.45) is 0 Å². The summed E-state index contributed by atoms with van der Waals surface area (Å²) in [6, 6.07) is 6.75. The molecule has 0 unspecified atom stereocenters. The van der Waals surface area contributed by atoms with E-state index < -0.39 is 15.7 Å². The predicted molar refractivity (Wildman–Crippen MR) is 150 cm³/mol. The number of ether oxygens (including phenoxy) is 1. The van der Waals surface area contributed by atoms with Crippen molar-refractivity contribution in [3.63, 3.8) is 0 Å². The average molecular weight is 573 g/mol. The fourth-order valence-electron chi connectivity index (χ4n) is 4.91. The van der Waals surface area contributed by atoms with Crippen LogP contribution >= 0.6 is 11.3 Å². The van der Waals surface area contributed by atoms with E-state index in [1.54, 1.807) is 19.2 Å². The van der Waals surface area contributed by atoms with Gasteiger partial charge < -0.3 is 15.4 Å². The number of benzene rings is 1. The first-order chi connectivity index (χ1) is 18.6. The number of sulfone groups is 1. The molecule has 1 aromatic carbocycles. The van der Waals surface area contributed by atoms with Gasteiger partial charge in [0.05, 0.1) is 32.3 Å². The Labute approximate surface area is 232 Å². The number of aromatic nitrogens is 2. The molecule has 2 fully saturated rings. The third-order valence-corrected chi connectivity index (χ3v) is 10.6. The van der Waals surface area contributed by atoms with Crippen LogP contribution in [0.5, 0.6) is 0 Å². The first-order valence-electron chi connectivity index (χ1n) is 13.3. The van der Waals surface area contributed by atoms with Crippen LogP contribution in [-0.2, 0) is 14.6 Å². The molecule has 1 amide bonds. The second-order valence-electron chi connectivity index (χ2n) is 10.6. The van der Waals surface area contributed by atoms with Gasteiger partial charge in [-0.05, 0) is 83.1 Å². The summed E-state index contributed by atoms with van der Waals surface area (Å²) in [4.78, 5) is 21.8. The Morgan fingerprint density at radius 1 is 1.08 bits per heavy atom. The summed E-state index contributed by atoms with van der Waals surface area (Å²) in [6.07, 6.45) is 7.14. The van der Waals surface area contributed by atoms with Gasteiger partial charge >= 0.3 is 6.09 Å². The van der Waals surface area contributed by atoms with E-state index in [1.165, 1.54) is 17.4 Å². The molecule has 39 heavy (non-hydrogen) atoms. The highest BCUT2D eigenvalue weighted by molar-refractivity contribution is 7.92. The number of nitrogens with zero attached hydrogens (tertiary/aromatic N) is 2. The van der Waals surface area contributed by atoms with Gasteiger partial charge in [-0.25, -0.2) is 27.6 Å². The van der Waals surface area contributed by atoms with E-state index in [2.05, 4.69) is 20.6 Å². The first kappa shape index (κ1) is 27.5. The number of alkyl carbamates (subject to hydrolysis) is 1. The zero-order valence-corrected chi connectivity index (χ0v) is 23.9. The van der Waals surface area contributed by atoms with E-state index in [-0.39, 0.29) is 34.3 Å². The summed E-state index contributed by atoms with van der Waals surface area (Å²) >= 11 is 1.53. The number of anilines is 2. The Morgan fingerprint density at radius 3 is 2.49 bits per heavy atom. The smallest absolute Gasteiger partial charge is 0.407 e. The van der Waals surface area contributed by atoms with Crippen LogP contribution in [0.4, 0.5) is 20.7 Å². The monoisotopic (exact) mass is 572 g/mol. The Balaban J connectivity index is 1.35. The van der Waals surface area contributed by atoms with Crippen LogP contribution in [0.15, 0.2) is 41.6 Å². The van der Waals surface area contributed by atoms with Crippen molar-refractivity contribution in [2.45, 2.75) is 87.5 Å². The lowest BCUT2D eigenvalue weighted by atomic mass is 9.86. The quantitative estimate of drug-likeness (QED) is 0.317. The molecule has 0 spiro atoms. The third kappa shape index (κ3) is 6.41. The topological polar surface area (TPSA) is 110 Å². The number of aryl methyl sites for hydroxylation is 1. The van der Waals surface area contributed by atoms with Crippen LogP contribution in [-0.4, -0.2) is 41.9 Å². The fourth-order valence-corrected chi connectivity index (χ4v) is 7.99. The SMILES string of the molecule is Cc1cc(F)cnc1Nc1ccc(-c2cnc(C3CCC(NC(=O)OC(C)C)CC3)s2)c(S(=O)(=O)C2CC2)c1. The van der Waals surface area contributed by atoms with Gasteiger partial charge in [0.15, 0.2) is 9.84 Å². The Hall–Kier alpha value is -3.05. The zero-order chi connectivity index (χ0) is 27.7. The minimum Gasteiger partial charge on any atom is -0.447 e. The number of carbonyl (C=O) groups is 1. The molecule has 3 aromatic rings. The lowest BCUT2D eigenvalue weighted by Gasteiger charge is -2.28. The van der Waals surface area contributed by atoms with E-state index in [0.717, 1.165) is 41.8 Å². The summed E-state index contributed by atoms with van der Waals surface area (Å²) in [5, 5.41) is 6.71. The van der Waals surface area contributed by atoms with Crippen molar-refractivity contribution >= 4 is 38.8 Å². The second kappa shape index (κ2) is 11.2. The van der Waals surface area contributed by atoms with E-state index in [4.69, 9.17) is 4.74 Å². The Morgan fingerprint density at radius 2 is 1.82 bits per heavy atom. The van der Waals surface area contributed by atoms with Crippen molar-refractivity contribution in [1.29, 1.82) is 0 Å². The minimum absolute atomic E-state index is 0.0847. The molecule has 5 rings (SSSR count). The molecule has 0 radical (unpaired) electrons. The van der Waals surface area contributed by atoms with Crippen molar-refractivity contribution in [3.8, 4) is 10.4 Å². The first-order valence-corrected chi connectivity index (χ1v) is 15.7. The summed E-state index contributed by atoms with van der Waals surface area (Å²) in [5.74, 6) is 0.311. The van der Waals surface area contributed by atoms with Crippen LogP contribution in [0.1, 0.15) is 68.9 Å². The Kier molecular flexibility index (Phi) is 7.91. The van der Waals surface area contributed by atoms with E-state index in [1.807, 2.05) is 26.0 Å². The van der Waals surface area contributed by atoms with Crippen molar-refractivity contribution < 1.29 is 22.3 Å². The summed E-state index contributed by atoms with van der Waals surface area (Å²) in [6.45, 7) is 5.39. The zero-order valence-electron chi connectivity index (χ0n) is 22.2. The number of amides is 1. The van der Waals surface area contributed by atoms with Gasteiger partial charge in [-0.3, -0.25) is 0 Å². The summed E-state index contributed by atoms with van der Waals surface area (Å²) < 4.78 is 45.6. The standard InChI is InChI=1S/C28H33FN4O4S2/c1-16(2)37-28(34)33-20-6-4-18(5-7-20)27-31-15-24(38-27)23-11-8-21(13-25(23)39(35,36)22-9-10-22)32-26-17(3)12-19(29)14-30-26/h8,11-16,18,20,22H,4-7,9-10H2,1-3H3,(H,30,32)(H,33,34). The van der Waals surface area contributed by atoms with Crippen LogP contribution in [0.25, 0.3) is 10.4 Å². The van der Waals surface area contributed by atoms with E-state index in [9.17, 15) is 17.6 Å². The molecule has 8 nitrogen and oxygen atoms in total. The van der Waals surface area contributed by atoms with Crippen LogP contribution < -0.4 is 10.6 Å². The lowest BCUT2D eigenvalue weighted by Crippen LogP contribution is -2.38. The number of hydrogen-bond acceptors (Lipinski definition) is 8. The molecule has 0 aliphatic heterocycles. The number of thiazole rings is 1. The number of carbonyl (C=O) groups excluding carboxylic acids is 1. The molecule has 2 saturated carbocycles. The third-order valence-electron chi connectivity index (χ3n) is 7.09. The number of pyridine rings is 1. The van der Waals surface area contributed by atoms with Gasteiger partial charge in [-0.2, -0.15) is 0 Å². The largest absolute Gasteiger partial charge is 0.447 e. The minimum atomic E-state index is -3.51. The maximum absolute atomic E-state index is 13.5. The van der Waals surface area contributed by atoms with Gasteiger partial charge in [0.1, 0.15) is 11.6 Å². The van der Waals surface area contributed by atoms with Crippen molar-refractivity contribution in [1.82, 2.24) is 15.3 Å². The molecule has 11 heteroatoms. The molecule has 0 saturated heterocycles. The fraction of sp³-hybridized carbons (Fsp3) is 0.464. The highest BCUT2D eigenvalue weighted by Crippen LogP contribution is 2.43. The van der Waals surface area contributed by atoms with Crippen molar-refractivity contribution in [2.75, 3.05) is 5.32 Å². The molecular weight excluding hydrogens is 539 g/mol. The maximum Gasteiger partial charge on any atom is 0.407 e. The lowest BCUT2D eigenvalue weighted by molar-refractivity contribution is 0.109. The van der Waals surface area contributed by atoms with Gasteiger partial charge in [0, 0.05) is 29.4 Å². The maximum atomic E-state index is 13.5. The van der Waals surface area contributed by atoms with Gasteiger partial charge in [0.2, 0.25) is 0 Å². The molecule has 2 heterocycles. The van der Waals surface area contributed by atoms with E-state index in [0.29, 0.717) is 35.5 Å². The van der Waals surface area contributed by atoms with Crippen LogP contribution in [0.2, 0.25) is 0 Å². The van der Waals surface area contributed by atoms with E-state index >= 15 is 0 Å². The number of hydrogen-bond donors (Lipinski definition) is 2.